The quantitative estimate of drug-likeness (QED) is 0.438. The van der Waals surface area contributed by atoms with E-state index in [2.05, 4.69) is 6.92 Å². The van der Waals surface area contributed by atoms with Gasteiger partial charge in [-0.05, 0) is 55.8 Å². The summed E-state index contributed by atoms with van der Waals surface area (Å²) in [5.41, 5.74) is 0. The number of hydrogen-bond acceptors (Lipinski definition) is 3. The summed E-state index contributed by atoms with van der Waals surface area (Å²) in [5.74, 6) is 1.03. The van der Waals surface area contributed by atoms with Gasteiger partial charge in [-0.25, -0.2) is 4.79 Å². The number of carboxylic acids is 2. The molecule has 0 aliphatic heterocycles. The van der Waals surface area contributed by atoms with Gasteiger partial charge in [0.2, 0.25) is 0 Å². The van der Waals surface area contributed by atoms with Crippen molar-refractivity contribution in [1.82, 2.24) is 0 Å². The summed E-state index contributed by atoms with van der Waals surface area (Å²) in [7, 11) is 0. The first kappa shape index (κ1) is 21.2. The highest BCUT2D eigenvalue weighted by atomic mass is 16.5. The van der Waals surface area contributed by atoms with Gasteiger partial charge in [-0.3, -0.25) is 4.79 Å². The van der Waals surface area contributed by atoms with Gasteiger partial charge in [0.05, 0.1) is 5.92 Å². The number of aliphatic carboxylic acids is 2. The van der Waals surface area contributed by atoms with Crippen LogP contribution in [0.2, 0.25) is 0 Å². The van der Waals surface area contributed by atoms with Crippen LogP contribution < -0.4 is 0 Å². The van der Waals surface area contributed by atoms with E-state index in [0.717, 1.165) is 43.9 Å². The van der Waals surface area contributed by atoms with Crippen LogP contribution in [-0.4, -0.2) is 35.4 Å². The third-order valence-electron chi connectivity index (χ3n) is 6.58. The predicted octanol–water partition coefficient (Wildman–Crippen LogP) is 4.59. The lowest BCUT2D eigenvalue weighted by atomic mass is 9.82. The van der Waals surface area contributed by atoms with Crippen molar-refractivity contribution in [2.24, 2.45) is 29.6 Å². The molecule has 0 saturated heterocycles. The first-order chi connectivity index (χ1) is 12.5. The summed E-state index contributed by atoms with van der Waals surface area (Å²) in [6.45, 7) is 2.48. The number of unbranched alkanes of at least 4 members (excludes halogenated alkanes) is 2. The van der Waals surface area contributed by atoms with Gasteiger partial charge in [0, 0.05) is 6.61 Å². The average molecular weight is 369 g/mol. The molecule has 2 aliphatic carbocycles. The van der Waals surface area contributed by atoms with E-state index >= 15 is 0 Å². The molecule has 2 rings (SSSR count). The zero-order valence-electron chi connectivity index (χ0n) is 16.2. The minimum atomic E-state index is -0.941. The molecule has 1 unspecified atom stereocenters. The molecule has 0 bridgehead atoms. The maximum absolute atomic E-state index is 11.6. The van der Waals surface area contributed by atoms with E-state index in [-0.39, 0.29) is 18.4 Å². The fourth-order valence-electron chi connectivity index (χ4n) is 4.97. The molecule has 0 radical (unpaired) electrons. The fraction of sp³-hybridized carbons (Fsp3) is 0.905. The van der Waals surface area contributed by atoms with E-state index in [9.17, 15) is 14.7 Å². The van der Waals surface area contributed by atoms with Crippen molar-refractivity contribution in [3.05, 3.63) is 0 Å². The first-order valence-corrected chi connectivity index (χ1v) is 10.5. The maximum Gasteiger partial charge on any atom is 0.329 e. The van der Waals surface area contributed by atoms with Crippen LogP contribution in [0.3, 0.4) is 0 Å². The number of carbonyl (C=O) groups is 2. The van der Waals surface area contributed by atoms with E-state index in [0.29, 0.717) is 12.5 Å². The summed E-state index contributed by atoms with van der Waals surface area (Å²) < 4.78 is 5.07. The summed E-state index contributed by atoms with van der Waals surface area (Å²) in [5, 5.41) is 18.1. The molecule has 150 valence electrons. The Kier molecular flexibility index (Phi) is 8.89. The normalized spacial score (nSPS) is 30.4. The topological polar surface area (TPSA) is 83.8 Å². The summed E-state index contributed by atoms with van der Waals surface area (Å²) >= 11 is 0. The van der Waals surface area contributed by atoms with Gasteiger partial charge in [-0.1, -0.05) is 45.4 Å². The van der Waals surface area contributed by atoms with Crippen LogP contribution in [0.4, 0.5) is 0 Å². The molecule has 0 aromatic rings. The second kappa shape index (κ2) is 10.9. The standard InChI is InChI=1S/C21H36O5/c1-2-15-13-17(15)8-4-3-7-16-10-11-19(21(24)25)18(16)9-5-6-12-26-14-20(22)23/h15-19H,2-14H2,1H3,(H,22,23)(H,24,25)/t15-,16-,17+,18+,19?/m0/s1. The van der Waals surface area contributed by atoms with Gasteiger partial charge in [0.15, 0.2) is 0 Å². The van der Waals surface area contributed by atoms with Crippen molar-refractivity contribution in [1.29, 1.82) is 0 Å². The van der Waals surface area contributed by atoms with Gasteiger partial charge in [0.25, 0.3) is 0 Å². The molecule has 5 nitrogen and oxygen atoms in total. The minimum absolute atomic E-state index is 0.187. The van der Waals surface area contributed by atoms with Gasteiger partial charge in [-0.2, -0.15) is 0 Å². The Balaban J connectivity index is 1.65. The monoisotopic (exact) mass is 368 g/mol. The summed E-state index contributed by atoms with van der Waals surface area (Å²) in [4.78, 5) is 22.0. The van der Waals surface area contributed by atoms with E-state index in [4.69, 9.17) is 9.84 Å². The second-order valence-corrected chi connectivity index (χ2v) is 8.34. The SMILES string of the molecule is CC[C@H]1C[C@H]1CCCC[C@H]1CCC(C(=O)O)[C@@H]1CCCCOCC(=O)O. The Hall–Kier alpha value is -1.10. The van der Waals surface area contributed by atoms with Gasteiger partial charge in [0.1, 0.15) is 6.61 Å². The Morgan fingerprint density at radius 2 is 1.62 bits per heavy atom. The lowest BCUT2D eigenvalue weighted by molar-refractivity contribution is -0.144. The molecule has 2 N–H and O–H groups in total. The number of carboxylic acid groups (broad SMARTS) is 2. The molecule has 0 aromatic carbocycles. The predicted molar refractivity (Wildman–Crippen MR) is 100 cm³/mol. The minimum Gasteiger partial charge on any atom is -0.481 e. The van der Waals surface area contributed by atoms with Crippen LogP contribution in [0.1, 0.15) is 77.6 Å². The first-order valence-electron chi connectivity index (χ1n) is 10.5. The van der Waals surface area contributed by atoms with Crippen LogP contribution in [0, 0.1) is 29.6 Å². The van der Waals surface area contributed by atoms with Crippen molar-refractivity contribution in [3.63, 3.8) is 0 Å². The largest absolute Gasteiger partial charge is 0.481 e. The van der Waals surface area contributed by atoms with E-state index in [1.165, 1.54) is 38.5 Å². The van der Waals surface area contributed by atoms with Crippen LogP contribution >= 0.6 is 0 Å². The highest BCUT2D eigenvalue weighted by Gasteiger charge is 2.39. The van der Waals surface area contributed by atoms with Crippen molar-refractivity contribution in [3.8, 4) is 0 Å². The number of ether oxygens (including phenoxy) is 1. The average Bonchev–Trinajstić information content (AvgIpc) is 3.24. The molecule has 0 spiro atoms. The van der Waals surface area contributed by atoms with Gasteiger partial charge < -0.3 is 14.9 Å². The lowest BCUT2D eigenvalue weighted by Gasteiger charge is -2.23. The molecule has 26 heavy (non-hydrogen) atoms. The van der Waals surface area contributed by atoms with Crippen molar-refractivity contribution in [2.75, 3.05) is 13.2 Å². The molecular formula is C21H36O5. The molecule has 2 aliphatic rings. The van der Waals surface area contributed by atoms with E-state index in [1.807, 2.05) is 0 Å². The van der Waals surface area contributed by atoms with Gasteiger partial charge >= 0.3 is 11.9 Å². The van der Waals surface area contributed by atoms with E-state index < -0.39 is 11.9 Å². The third kappa shape index (κ3) is 6.90. The van der Waals surface area contributed by atoms with Crippen molar-refractivity contribution >= 4 is 11.9 Å². The summed E-state index contributed by atoms with van der Waals surface area (Å²) in [6, 6.07) is 0. The number of rotatable bonds is 14. The number of hydrogen-bond donors (Lipinski definition) is 2. The highest BCUT2D eigenvalue weighted by molar-refractivity contribution is 5.70. The van der Waals surface area contributed by atoms with Gasteiger partial charge in [-0.15, -0.1) is 0 Å². The molecular weight excluding hydrogens is 332 g/mol. The molecule has 2 fully saturated rings. The van der Waals surface area contributed by atoms with Crippen molar-refractivity contribution < 1.29 is 24.5 Å². The van der Waals surface area contributed by atoms with Crippen LogP contribution in [-0.2, 0) is 14.3 Å². The molecule has 0 amide bonds. The van der Waals surface area contributed by atoms with Crippen molar-refractivity contribution in [2.45, 2.75) is 77.6 Å². The van der Waals surface area contributed by atoms with Crippen LogP contribution in [0.15, 0.2) is 0 Å². The Morgan fingerprint density at radius 1 is 0.923 bits per heavy atom. The lowest BCUT2D eigenvalue weighted by Crippen LogP contribution is -2.22. The van der Waals surface area contributed by atoms with E-state index in [1.54, 1.807) is 0 Å². The third-order valence-corrected chi connectivity index (χ3v) is 6.58. The Bertz CT molecular complexity index is 450. The molecule has 5 atom stereocenters. The fourth-order valence-corrected chi connectivity index (χ4v) is 4.97. The van der Waals surface area contributed by atoms with Crippen LogP contribution in [0.25, 0.3) is 0 Å². The summed E-state index contributed by atoms with van der Waals surface area (Å²) in [6.07, 6.45) is 12.4. The zero-order valence-corrected chi connectivity index (χ0v) is 16.2. The highest BCUT2D eigenvalue weighted by Crippen LogP contribution is 2.46. The molecule has 5 heteroatoms. The Labute approximate surface area is 157 Å². The maximum atomic E-state index is 11.6. The zero-order chi connectivity index (χ0) is 18.9. The molecule has 0 aromatic heterocycles. The second-order valence-electron chi connectivity index (χ2n) is 8.34. The molecule has 0 heterocycles. The Morgan fingerprint density at radius 3 is 2.23 bits per heavy atom. The molecule has 2 saturated carbocycles. The smallest absolute Gasteiger partial charge is 0.329 e. The van der Waals surface area contributed by atoms with Crippen LogP contribution in [0.5, 0.6) is 0 Å².